The minimum Gasteiger partial charge on any atom is -0.354 e. The highest BCUT2D eigenvalue weighted by Gasteiger charge is 2.28. The Hall–Kier alpha value is -2.85. The number of piperazine rings is 1. The molecule has 3 aromatic heterocycles. The normalized spacial score (nSPS) is 19.2. The molecule has 0 amide bonds. The van der Waals surface area contributed by atoms with E-state index in [1.165, 1.54) is 12.1 Å². The lowest BCUT2D eigenvalue weighted by Crippen LogP contribution is -2.44. The molecule has 0 radical (unpaired) electrons. The molecule has 8 nitrogen and oxygen atoms in total. The van der Waals surface area contributed by atoms with E-state index in [0.717, 1.165) is 43.9 Å². The number of pyridine rings is 1. The van der Waals surface area contributed by atoms with Crippen LogP contribution in [0.5, 0.6) is 0 Å². The second kappa shape index (κ2) is 8.95. The van der Waals surface area contributed by atoms with E-state index >= 15 is 0 Å². The third-order valence-electron chi connectivity index (χ3n) is 6.05. The maximum Gasteiger partial charge on any atom is 0.197 e. The molecule has 5 rings (SSSR count). The topological polar surface area (TPSA) is 74.2 Å². The van der Waals surface area contributed by atoms with Gasteiger partial charge in [0, 0.05) is 75.4 Å². The molecule has 0 spiro atoms. The number of anilines is 2. The fourth-order valence-electron chi connectivity index (χ4n) is 4.28. The van der Waals surface area contributed by atoms with Gasteiger partial charge < -0.3 is 9.80 Å². The Kier molecular flexibility index (Phi) is 5.88. The summed E-state index contributed by atoms with van der Waals surface area (Å²) in [5.74, 6) is 2.14. The van der Waals surface area contributed by atoms with Gasteiger partial charge in [-0.3, -0.25) is 0 Å². The monoisotopic (exact) mass is 452 g/mol. The number of fused-ring (bicyclic) bond motifs is 1. The summed E-state index contributed by atoms with van der Waals surface area (Å²) in [6.45, 7) is 6.35. The molecule has 166 valence electrons. The zero-order chi connectivity index (χ0) is 22.1. The molecule has 1 saturated heterocycles. The van der Waals surface area contributed by atoms with Crippen LogP contribution in [-0.4, -0.2) is 68.2 Å². The van der Waals surface area contributed by atoms with Crippen LogP contribution in [0.2, 0.25) is 0 Å². The second-order valence-electron chi connectivity index (χ2n) is 7.89. The summed E-state index contributed by atoms with van der Waals surface area (Å²) in [5.41, 5.74) is 2.01. The minimum atomic E-state index is -0.261. The molecule has 0 aliphatic carbocycles. The Morgan fingerprint density at radius 1 is 0.938 bits per heavy atom. The molecule has 10 heteroatoms. The quantitative estimate of drug-likeness (QED) is 0.555. The van der Waals surface area contributed by atoms with Crippen LogP contribution >= 0.6 is 11.9 Å². The van der Waals surface area contributed by atoms with Gasteiger partial charge in [0.25, 0.3) is 0 Å². The highest BCUT2D eigenvalue weighted by Crippen LogP contribution is 2.33. The van der Waals surface area contributed by atoms with Gasteiger partial charge in [0.05, 0.1) is 11.7 Å². The van der Waals surface area contributed by atoms with Crippen LogP contribution in [0.25, 0.3) is 11.6 Å². The zero-order valence-electron chi connectivity index (χ0n) is 18.1. The number of rotatable bonds is 4. The lowest BCUT2D eigenvalue weighted by molar-refractivity contribution is 0.428. The van der Waals surface area contributed by atoms with Gasteiger partial charge >= 0.3 is 0 Å². The van der Waals surface area contributed by atoms with Crippen LogP contribution in [0.4, 0.5) is 16.0 Å². The van der Waals surface area contributed by atoms with Crippen LogP contribution in [0.3, 0.4) is 0 Å². The first-order valence-corrected chi connectivity index (χ1v) is 11.9. The number of hydrogen-bond donors (Lipinski definition) is 0. The highest BCUT2D eigenvalue weighted by molar-refractivity contribution is 7.96. The molecular weight excluding hydrogens is 427 g/mol. The summed E-state index contributed by atoms with van der Waals surface area (Å²) in [6, 6.07) is 4.82. The number of nitrogens with zero attached hydrogens (tertiary/aromatic N) is 8. The lowest BCUT2D eigenvalue weighted by atomic mass is 9.99. The van der Waals surface area contributed by atoms with Crippen molar-refractivity contribution in [3.63, 3.8) is 0 Å². The molecule has 0 bridgehead atoms. The molecular formula is C22H25FN8S. The van der Waals surface area contributed by atoms with Gasteiger partial charge in [0.1, 0.15) is 17.5 Å². The van der Waals surface area contributed by atoms with Gasteiger partial charge in [0.2, 0.25) is 0 Å². The van der Waals surface area contributed by atoms with Crippen molar-refractivity contribution in [2.24, 2.45) is 0 Å². The van der Waals surface area contributed by atoms with Crippen molar-refractivity contribution in [1.29, 1.82) is 0 Å². The fourth-order valence-corrected chi connectivity index (χ4v) is 4.81. The molecule has 2 aliphatic heterocycles. The Balaban J connectivity index is 1.39. The van der Waals surface area contributed by atoms with Gasteiger partial charge in [-0.15, -0.1) is 0 Å². The van der Waals surface area contributed by atoms with Crippen molar-refractivity contribution >= 4 is 23.6 Å². The van der Waals surface area contributed by atoms with E-state index in [4.69, 9.17) is 9.97 Å². The SMILES string of the molecule is CSN1CCN(c2cc(F)cc(N3CCc4nc(-c5ncccn5)ncc4C3C)n2)CC1. The first kappa shape index (κ1) is 21.0. The first-order chi connectivity index (χ1) is 15.6. The Bertz CT molecular complexity index is 1090. The maximum absolute atomic E-state index is 14.6. The van der Waals surface area contributed by atoms with E-state index in [0.29, 0.717) is 29.8 Å². The molecule has 0 N–H and O–H groups in total. The molecule has 1 fully saturated rings. The van der Waals surface area contributed by atoms with Crippen LogP contribution < -0.4 is 9.80 Å². The molecule has 2 aliphatic rings. The minimum absolute atomic E-state index is 0.0139. The van der Waals surface area contributed by atoms with Crippen LogP contribution in [0.15, 0.2) is 36.8 Å². The fraction of sp³-hybridized carbons (Fsp3) is 0.409. The third kappa shape index (κ3) is 4.12. The molecule has 5 heterocycles. The molecule has 0 aromatic carbocycles. The van der Waals surface area contributed by atoms with Crippen molar-refractivity contribution in [1.82, 2.24) is 29.2 Å². The van der Waals surface area contributed by atoms with Crippen molar-refractivity contribution < 1.29 is 4.39 Å². The Morgan fingerprint density at radius 2 is 1.69 bits per heavy atom. The summed E-state index contributed by atoms with van der Waals surface area (Å²) < 4.78 is 16.9. The average molecular weight is 453 g/mol. The number of halogens is 1. The summed E-state index contributed by atoms with van der Waals surface area (Å²) in [4.78, 5) is 26.8. The van der Waals surface area contributed by atoms with Crippen molar-refractivity contribution in [3.05, 3.63) is 53.9 Å². The molecule has 32 heavy (non-hydrogen) atoms. The van der Waals surface area contributed by atoms with Gasteiger partial charge in [-0.05, 0) is 19.2 Å². The van der Waals surface area contributed by atoms with E-state index in [-0.39, 0.29) is 11.9 Å². The summed E-state index contributed by atoms with van der Waals surface area (Å²) >= 11 is 1.75. The van der Waals surface area contributed by atoms with Crippen LogP contribution in [0.1, 0.15) is 24.2 Å². The molecule has 1 unspecified atom stereocenters. The van der Waals surface area contributed by atoms with E-state index in [2.05, 4.69) is 42.2 Å². The number of hydrogen-bond acceptors (Lipinski definition) is 9. The Morgan fingerprint density at radius 3 is 2.44 bits per heavy atom. The van der Waals surface area contributed by atoms with Crippen molar-refractivity contribution in [2.45, 2.75) is 19.4 Å². The number of aromatic nitrogens is 5. The van der Waals surface area contributed by atoms with E-state index < -0.39 is 0 Å². The summed E-state index contributed by atoms with van der Waals surface area (Å²) in [6.07, 6.45) is 8.02. The van der Waals surface area contributed by atoms with Gasteiger partial charge in [-0.1, -0.05) is 11.9 Å². The van der Waals surface area contributed by atoms with Crippen molar-refractivity contribution in [3.8, 4) is 11.6 Å². The van der Waals surface area contributed by atoms with E-state index in [1.54, 1.807) is 30.4 Å². The standard InChI is InChI=1S/C22H25FN8S/c1-15-17-14-26-22(21-24-5-3-6-25-21)27-18(17)4-7-31(15)20-13-16(23)12-19(28-20)29-8-10-30(32-2)11-9-29/h3,5-6,12-15H,4,7-11H2,1-2H3. The van der Waals surface area contributed by atoms with Gasteiger partial charge in [-0.25, -0.2) is 33.6 Å². The molecule has 3 aromatic rings. The van der Waals surface area contributed by atoms with Crippen LogP contribution in [-0.2, 0) is 6.42 Å². The molecule has 1 atom stereocenters. The summed E-state index contributed by atoms with van der Waals surface area (Å²) in [7, 11) is 0. The largest absolute Gasteiger partial charge is 0.354 e. The first-order valence-electron chi connectivity index (χ1n) is 10.7. The van der Waals surface area contributed by atoms with Gasteiger partial charge in [0.15, 0.2) is 11.6 Å². The van der Waals surface area contributed by atoms with E-state index in [1.807, 2.05) is 6.20 Å². The second-order valence-corrected chi connectivity index (χ2v) is 8.77. The summed E-state index contributed by atoms with van der Waals surface area (Å²) in [5, 5.41) is 0. The molecule has 0 saturated carbocycles. The third-order valence-corrected chi connectivity index (χ3v) is 6.93. The van der Waals surface area contributed by atoms with Gasteiger partial charge in [-0.2, -0.15) is 0 Å². The van der Waals surface area contributed by atoms with Crippen LogP contribution in [0, 0.1) is 5.82 Å². The zero-order valence-corrected chi connectivity index (χ0v) is 19.0. The smallest absolute Gasteiger partial charge is 0.197 e. The maximum atomic E-state index is 14.6. The lowest BCUT2D eigenvalue weighted by Gasteiger charge is -2.37. The Labute approximate surface area is 191 Å². The predicted octanol–water partition coefficient (Wildman–Crippen LogP) is 2.99. The average Bonchev–Trinajstić information content (AvgIpc) is 2.84. The predicted molar refractivity (Wildman–Crippen MR) is 124 cm³/mol. The van der Waals surface area contributed by atoms with E-state index in [9.17, 15) is 4.39 Å². The van der Waals surface area contributed by atoms with Crippen molar-refractivity contribution in [2.75, 3.05) is 48.8 Å². The highest BCUT2D eigenvalue weighted by atomic mass is 32.2.